The van der Waals surface area contributed by atoms with Crippen molar-refractivity contribution < 1.29 is 0 Å². The van der Waals surface area contributed by atoms with Gasteiger partial charge in [-0.2, -0.15) is 0 Å². The van der Waals surface area contributed by atoms with E-state index >= 15 is 0 Å². The molecule has 3 heteroatoms. The molecular weight excluding hydrogens is 222 g/mol. The highest BCUT2D eigenvalue weighted by atomic mass is 15.1. The third-order valence-corrected chi connectivity index (χ3v) is 3.38. The van der Waals surface area contributed by atoms with Crippen molar-refractivity contribution in [2.45, 2.75) is 38.6 Å². The summed E-state index contributed by atoms with van der Waals surface area (Å²) >= 11 is 0. The molecule has 1 aromatic carbocycles. The minimum Gasteiger partial charge on any atom is -0.373 e. The molecule has 18 heavy (non-hydrogen) atoms. The molecule has 0 saturated heterocycles. The smallest absolute Gasteiger partial charge is 0.0862 e. The van der Waals surface area contributed by atoms with Crippen LogP contribution in [0.4, 0.5) is 11.4 Å². The molecule has 1 fully saturated rings. The van der Waals surface area contributed by atoms with Crippen molar-refractivity contribution in [3.8, 4) is 0 Å². The molecule has 2 N–H and O–H groups in total. The van der Waals surface area contributed by atoms with E-state index in [1.165, 1.54) is 24.1 Å². The average Bonchev–Trinajstić information content (AvgIpc) is 3.19. The predicted octanol–water partition coefficient (Wildman–Crippen LogP) is 3.07. The highest BCUT2D eigenvalue weighted by molar-refractivity contribution is 5.75. The van der Waals surface area contributed by atoms with E-state index in [2.05, 4.69) is 42.1 Å². The van der Waals surface area contributed by atoms with Gasteiger partial charge in [0.15, 0.2) is 0 Å². The number of nitrogens with zero attached hydrogens (tertiary/aromatic N) is 2. The maximum Gasteiger partial charge on any atom is 0.0862 e. The largest absolute Gasteiger partial charge is 0.373 e. The zero-order valence-corrected chi connectivity index (χ0v) is 11.6. The van der Waals surface area contributed by atoms with E-state index in [4.69, 9.17) is 5.73 Å². The molecule has 0 amide bonds. The lowest BCUT2D eigenvalue weighted by Crippen LogP contribution is -2.17. The summed E-state index contributed by atoms with van der Waals surface area (Å²) in [4.78, 5) is 6.77. The normalized spacial score (nSPS) is 17.1. The lowest BCUT2D eigenvalue weighted by molar-refractivity contribution is 0.963. The number of anilines is 1. The van der Waals surface area contributed by atoms with Crippen LogP contribution in [0.25, 0.3) is 0 Å². The molecule has 3 nitrogen and oxygen atoms in total. The number of hydrogen-bond donors (Lipinski definition) is 1. The summed E-state index contributed by atoms with van der Waals surface area (Å²) in [6.07, 6.45) is 4.46. The van der Waals surface area contributed by atoms with Gasteiger partial charge in [-0.1, -0.05) is 6.07 Å². The molecule has 1 unspecified atom stereocenters. The van der Waals surface area contributed by atoms with E-state index in [1.807, 2.05) is 13.1 Å². The zero-order chi connectivity index (χ0) is 13.1. The molecule has 1 saturated carbocycles. The summed E-state index contributed by atoms with van der Waals surface area (Å²) in [7, 11) is 2.09. The van der Waals surface area contributed by atoms with Crippen LogP contribution in [0, 0.1) is 0 Å². The quantitative estimate of drug-likeness (QED) is 0.810. The van der Waals surface area contributed by atoms with Crippen molar-refractivity contribution in [2.24, 2.45) is 10.7 Å². The first-order chi connectivity index (χ1) is 8.61. The van der Waals surface area contributed by atoms with Crippen LogP contribution >= 0.6 is 0 Å². The van der Waals surface area contributed by atoms with E-state index < -0.39 is 0 Å². The molecule has 1 aliphatic carbocycles. The minimum absolute atomic E-state index is 0.00522. The first-order valence-corrected chi connectivity index (χ1v) is 6.76. The number of nitrogens with two attached hydrogens (primary N) is 1. The van der Waals surface area contributed by atoms with Gasteiger partial charge in [-0.3, -0.25) is 4.99 Å². The maximum atomic E-state index is 5.75. The highest BCUT2D eigenvalue weighted by Gasteiger charge is 2.24. The van der Waals surface area contributed by atoms with Crippen LogP contribution in [0.15, 0.2) is 23.2 Å². The number of benzene rings is 1. The lowest BCUT2D eigenvalue weighted by Gasteiger charge is -2.19. The van der Waals surface area contributed by atoms with E-state index in [1.54, 1.807) is 0 Å². The Morgan fingerprint density at radius 3 is 2.78 bits per heavy atom. The second kappa shape index (κ2) is 5.53. The van der Waals surface area contributed by atoms with Gasteiger partial charge in [0, 0.05) is 25.8 Å². The van der Waals surface area contributed by atoms with Crippen LogP contribution in [-0.4, -0.2) is 25.8 Å². The van der Waals surface area contributed by atoms with Crippen molar-refractivity contribution >= 4 is 17.6 Å². The van der Waals surface area contributed by atoms with Gasteiger partial charge < -0.3 is 10.6 Å². The Kier molecular flexibility index (Phi) is 4.02. The summed E-state index contributed by atoms with van der Waals surface area (Å²) in [6.45, 7) is 5.06. The first-order valence-electron chi connectivity index (χ1n) is 6.76. The molecule has 0 aromatic heterocycles. The second-order valence-electron chi connectivity index (χ2n) is 5.17. The molecule has 0 radical (unpaired) electrons. The fourth-order valence-corrected chi connectivity index (χ4v) is 2.01. The number of aliphatic imine (C=N–C) groups is 1. The standard InChI is InChI=1S/C15H23N3/c1-4-18(3)15-8-7-13(12-5-6-12)9-14(15)17-10-11(2)16/h7-12H,4-6,16H2,1-3H3. The van der Waals surface area contributed by atoms with Crippen molar-refractivity contribution in [3.63, 3.8) is 0 Å². The van der Waals surface area contributed by atoms with Gasteiger partial charge in [-0.15, -0.1) is 0 Å². The van der Waals surface area contributed by atoms with Crippen LogP contribution in [0.5, 0.6) is 0 Å². The van der Waals surface area contributed by atoms with Gasteiger partial charge in [0.25, 0.3) is 0 Å². The van der Waals surface area contributed by atoms with Gasteiger partial charge in [-0.05, 0) is 50.3 Å². The lowest BCUT2D eigenvalue weighted by atomic mass is 10.1. The second-order valence-corrected chi connectivity index (χ2v) is 5.17. The molecule has 0 spiro atoms. The van der Waals surface area contributed by atoms with Crippen LogP contribution in [-0.2, 0) is 0 Å². The van der Waals surface area contributed by atoms with E-state index in [0.717, 1.165) is 18.2 Å². The van der Waals surface area contributed by atoms with Crippen molar-refractivity contribution in [2.75, 3.05) is 18.5 Å². The van der Waals surface area contributed by atoms with Gasteiger partial charge in [0.2, 0.25) is 0 Å². The molecule has 0 heterocycles. The summed E-state index contributed by atoms with van der Waals surface area (Å²) in [5.41, 5.74) is 9.39. The summed E-state index contributed by atoms with van der Waals surface area (Å²) in [5.74, 6) is 0.759. The van der Waals surface area contributed by atoms with Gasteiger partial charge in [0.1, 0.15) is 0 Å². The molecule has 0 bridgehead atoms. The Bertz CT molecular complexity index is 433. The third-order valence-electron chi connectivity index (χ3n) is 3.38. The Balaban J connectivity index is 2.32. The SMILES string of the molecule is CCN(C)c1ccc(C2CC2)cc1N=CC(C)N. The summed E-state index contributed by atoms with van der Waals surface area (Å²) < 4.78 is 0. The van der Waals surface area contributed by atoms with E-state index in [0.29, 0.717) is 0 Å². The molecule has 1 aliphatic rings. The molecule has 0 aliphatic heterocycles. The van der Waals surface area contributed by atoms with Crippen LogP contribution in [0.3, 0.4) is 0 Å². The predicted molar refractivity (Wildman–Crippen MR) is 79.2 cm³/mol. The molecule has 1 aromatic rings. The Labute approximate surface area is 110 Å². The molecule has 98 valence electrons. The van der Waals surface area contributed by atoms with Crippen LogP contribution in [0.2, 0.25) is 0 Å². The first kappa shape index (κ1) is 13.1. The highest BCUT2D eigenvalue weighted by Crippen LogP contribution is 2.42. The van der Waals surface area contributed by atoms with Crippen molar-refractivity contribution in [3.05, 3.63) is 23.8 Å². The summed E-state index contributed by atoms with van der Waals surface area (Å²) in [5, 5.41) is 0. The topological polar surface area (TPSA) is 41.6 Å². The minimum atomic E-state index is -0.00522. The van der Waals surface area contributed by atoms with Crippen molar-refractivity contribution in [1.29, 1.82) is 0 Å². The Hall–Kier alpha value is -1.35. The number of hydrogen-bond acceptors (Lipinski definition) is 3. The average molecular weight is 245 g/mol. The molecule has 2 rings (SSSR count). The van der Waals surface area contributed by atoms with Crippen LogP contribution in [0.1, 0.15) is 38.2 Å². The van der Waals surface area contributed by atoms with Gasteiger partial charge in [0.05, 0.1) is 11.4 Å². The fourth-order valence-electron chi connectivity index (χ4n) is 2.01. The van der Waals surface area contributed by atoms with E-state index in [9.17, 15) is 0 Å². The maximum absolute atomic E-state index is 5.75. The van der Waals surface area contributed by atoms with Gasteiger partial charge >= 0.3 is 0 Å². The number of rotatable bonds is 5. The Morgan fingerprint density at radius 2 is 2.22 bits per heavy atom. The fraction of sp³-hybridized carbons (Fsp3) is 0.533. The monoisotopic (exact) mass is 245 g/mol. The zero-order valence-electron chi connectivity index (χ0n) is 11.6. The summed E-state index contributed by atoms with van der Waals surface area (Å²) in [6, 6.07) is 6.64. The van der Waals surface area contributed by atoms with Crippen molar-refractivity contribution in [1.82, 2.24) is 0 Å². The van der Waals surface area contributed by atoms with Crippen LogP contribution < -0.4 is 10.6 Å². The third kappa shape index (κ3) is 3.10. The molecule has 1 atom stereocenters. The Morgan fingerprint density at radius 1 is 1.50 bits per heavy atom. The molecular formula is C15H23N3. The van der Waals surface area contributed by atoms with E-state index in [-0.39, 0.29) is 6.04 Å². The van der Waals surface area contributed by atoms with Gasteiger partial charge in [-0.25, -0.2) is 0 Å².